The molecule has 0 unspecified atom stereocenters. The minimum atomic E-state index is 0.00568. The van der Waals surface area contributed by atoms with Crippen LogP contribution >= 0.6 is 0 Å². The summed E-state index contributed by atoms with van der Waals surface area (Å²) in [6.07, 6.45) is 1.15. The van der Waals surface area contributed by atoms with Crippen molar-refractivity contribution in [1.29, 1.82) is 0 Å². The molecule has 0 bridgehead atoms. The molecule has 2 aromatic carbocycles. The van der Waals surface area contributed by atoms with E-state index in [0.717, 1.165) is 13.0 Å². The van der Waals surface area contributed by atoms with Crippen LogP contribution in [0.15, 0.2) is 60.7 Å². The monoisotopic (exact) mass is 283 g/mol. The Hall–Kier alpha value is -1.64. The summed E-state index contributed by atoms with van der Waals surface area (Å²) in [5.74, 6) is 0. The maximum Gasteiger partial charge on any atom is 0.108 e. The van der Waals surface area contributed by atoms with E-state index in [4.69, 9.17) is 4.74 Å². The van der Waals surface area contributed by atoms with E-state index < -0.39 is 0 Å². The van der Waals surface area contributed by atoms with E-state index in [0.29, 0.717) is 12.6 Å². The zero-order valence-electron chi connectivity index (χ0n) is 13.0. The minimum absolute atomic E-state index is 0.00568. The van der Waals surface area contributed by atoms with E-state index in [2.05, 4.69) is 67.7 Å². The van der Waals surface area contributed by atoms with Gasteiger partial charge in [-0.1, -0.05) is 67.6 Å². The second-order valence-electron chi connectivity index (χ2n) is 5.34. The van der Waals surface area contributed by atoms with Crippen LogP contribution in [0.2, 0.25) is 0 Å². The lowest BCUT2D eigenvalue weighted by Gasteiger charge is -2.20. The molecule has 0 aliphatic carbocycles. The van der Waals surface area contributed by atoms with Crippen LogP contribution in [-0.4, -0.2) is 19.2 Å². The summed E-state index contributed by atoms with van der Waals surface area (Å²) in [5, 5.41) is 3.47. The fourth-order valence-electron chi connectivity index (χ4n) is 2.27. The molecule has 0 aliphatic rings. The maximum absolute atomic E-state index is 6.15. The number of benzene rings is 2. The molecular weight excluding hydrogens is 258 g/mol. The van der Waals surface area contributed by atoms with E-state index >= 15 is 0 Å². The van der Waals surface area contributed by atoms with Gasteiger partial charge in [0.2, 0.25) is 0 Å². The van der Waals surface area contributed by atoms with E-state index in [1.165, 1.54) is 11.1 Å². The molecule has 2 heteroatoms. The van der Waals surface area contributed by atoms with Gasteiger partial charge in [0.1, 0.15) is 6.10 Å². The van der Waals surface area contributed by atoms with Gasteiger partial charge in [-0.25, -0.2) is 0 Å². The number of rotatable bonds is 8. The first-order valence-corrected chi connectivity index (χ1v) is 7.76. The fraction of sp³-hybridized carbons (Fsp3) is 0.368. The van der Waals surface area contributed by atoms with Crippen LogP contribution in [0.3, 0.4) is 0 Å². The molecule has 2 aromatic rings. The van der Waals surface area contributed by atoms with Gasteiger partial charge in [-0.2, -0.15) is 0 Å². The van der Waals surface area contributed by atoms with E-state index in [1.807, 2.05) is 12.1 Å². The maximum atomic E-state index is 6.15. The molecule has 0 fully saturated rings. The van der Waals surface area contributed by atoms with E-state index in [-0.39, 0.29) is 6.10 Å². The third-order valence-electron chi connectivity index (χ3n) is 3.70. The molecule has 0 aliphatic heterocycles. The molecule has 0 amide bonds. The molecule has 2 rings (SSSR count). The molecule has 0 saturated heterocycles. The van der Waals surface area contributed by atoms with Crippen molar-refractivity contribution < 1.29 is 4.74 Å². The molecule has 112 valence electrons. The molecule has 0 aromatic heterocycles. The first-order valence-electron chi connectivity index (χ1n) is 7.76. The van der Waals surface area contributed by atoms with Gasteiger partial charge in [0.25, 0.3) is 0 Å². The van der Waals surface area contributed by atoms with Crippen LogP contribution in [0.25, 0.3) is 0 Å². The Morgan fingerprint density at radius 1 is 0.905 bits per heavy atom. The molecule has 0 heterocycles. The lowest BCUT2D eigenvalue weighted by Crippen LogP contribution is -2.29. The van der Waals surface area contributed by atoms with Crippen molar-refractivity contribution in [3.8, 4) is 0 Å². The average Bonchev–Trinajstić information content (AvgIpc) is 2.56. The highest BCUT2D eigenvalue weighted by Gasteiger charge is 2.13. The van der Waals surface area contributed by atoms with Crippen molar-refractivity contribution in [3.63, 3.8) is 0 Å². The van der Waals surface area contributed by atoms with Crippen LogP contribution in [0.4, 0.5) is 0 Å². The number of ether oxygens (including phenoxy) is 1. The Balaban J connectivity index is 2.00. The lowest BCUT2D eigenvalue weighted by atomic mass is 10.0. The highest BCUT2D eigenvalue weighted by molar-refractivity contribution is 5.29. The molecule has 2 nitrogen and oxygen atoms in total. The Morgan fingerprint density at radius 3 is 1.90 bits per heavy atom. The normalized spacial score (nSPS) is 12.5. The summed E-state index contributed by atoms with van der Waals surface area (Å²) < 4.78 is 6.15. The van der Waals surface area contributed by atoms with Crippen LogP contribution in [0.5, 0.6) is 0 Å². The van der Waals surface area contributed by atoms with Crippen molar-refractivity contribution in [1.82, 2.24) is 5.32 Å². The van der Waals surface area contributed by atoms with E-state index in [1.54, 1.807) is 0 Å². The standard InChI is InChI=1S/C19H25NO/c1-3-16(2)20-14-15-21-19(17-10-6-4-7-11-17)18-12-8-5-9-13-18/h4-13,16,19-20H,3,14-15H2,1-2H3/t16-/m0/s1. The molecule has 0 saturated carbocycles. The summed E-state index contributed by atoms with van der Waals surface area (Å²) in [6, 6.07) is 21.4. The number of hydrogen-bond donors (Lipinski definition) is 1. The fourth-order valence-corrected chi connectivity index (χ4v) is 2.27. The minimum Gasteiger partial charge on any atom is -0.367 e. The van der Waals surface area contributed by atoms with Gasteiger partial charge < -0.3 is 10.1 Å². The van der Waals surface area contributed by atoms with Gasteiger partial charge in [-0.15, -0.1) is 0 Å². The second kappa shape index (κ2) is 8.60. The quantitative estimate of drug-likeness (QED) is 0.734. The first-order chi connectivity index (χ1) is 10.3. The molecule has 0 spiro atoms. The third kappa shape index (κ3) is 5.00. The van der Waals surface area contributed by atoms with Crippen molar-refractivity contribution in [2.24, 2.45) is 0 Å². The number of nitrogens with one attached hydrogen (secondary N) is 1. The van der Waals surface area contributed by atoms with Crippen LogP contribution < -0.4 is 5.32 Å². The van der Waals surface area contributed by atoms with Gasteiger partial charge in [0.15, 0.2) is 0 Å². The largest absolute Gasteiger partial charge is 0.367 e. The topological polar surface area (TPSA) is 21.3 Å². The van der Waals surface area contributed by atoms with Gasteiger partial charge in [-0.05, 0) is 24.5 Å². The summed E-state index contributed by atoms with van der Waals surface area (Å²) in [4.78, 5) is 0. The summed E-state index contributed by atoms with van der Waals surface area (Å²) in [7, 11) is 0. The molecule has 1 atom stereocenters. The predicted molar refractivity (Wildman–Crippen MR) is 88.4 cm³/mol. The SMILES string of the molecule is CC[C@H](C)NCCOC(c1ccccc1)c1ccccc1. The molecular formula is C19H25NO. The Labute approximate surface area is 128 Å². The smallest absolute Gasteiger partial charge is 0.108 e. The zero-order chi connectivity index (χ0) is 14.9. The average molecular weight is 283 g/mol. The van der Waals surface area contributed by atoms with Gasteiger partial charge >= 0.3 is 0 Å². The summed E-state index contributed by atoms with van der Waals surface area (Å²) >= 11 is 0. The first kappa shape index (κ1) is 15.7. The highest BCUT2D eigenvalue weighted by atomic mass is 16.5. The Bertz CT molecular complexity index is 458. The Morgan fingerprint density at radius 2 is 1.43 bits per heavy atom. The van der Waals surface area contributed by atoms with Crippen molar-refractivity contribution in [2.45, 2.75) is 32.4 Å². The van der Waals surface area contributed by atoms with Crippen LogP contribution in [0.1, 0.15) is 37.5 Å². The number of hydrogen-bond acceptors (Lipinski definition) is 2. The van der Waals surface area contributed by atoms with Crippen molar-refractivity contribution in [2.75, 3.05) is 13.2 Å². The Kier molecular flexibility index (Phi) is 6.45. The summed E-state index contributed by atoms with van der Waals surface area (Å²) in [6.45, 7) is 5.98. The van der Waals surface area contributed by atoms with Crippen molar-refractivity contribution >= 4 is 0 Å². The van der Waals surface area contributed by atoms with Crippen molar-refractivity contribution in [3.05, 3.63) is 71.8 Å². The third-order valence-corrected chi connectivity index (χ3v) is 3.70. The molecule has 21 heavy (non-hydrogen) atoms. The lowest BCUT2D eigenvalue weighted by molar-refractivity contribution is 0.0808. The van der Waals surface area contributed by atoms with Crippen LogP contribution in [-0.2, 0) is 4.74 Å². The van der Waals surface area contributed by atoms with Crippen LogP contribution in [0, 0.1) is 0 Å². The summed E-state index contributed by atoms with van der Waals surface area (Å²) in [5.41, 5.74) is 2.40. The molecule has 1 N–H and O–H groups in total. The van der Waals surface area contributed by atoms with Gasteiger partial charge in [-0.3, -0.25) is 0 Å². The highest BCUT2D eigenvalue weighted by Crippen LogP contribution is 2.25. The van der Waals surface area contributed by atoms with Gasteiger partial charge in [0, 0.05) is 12.6 Å². The van der Waals surface area contributed by atoms with Gasteiger partial charge in [0.05, 0.1) is 6.61 Å². The second-order valence-corrected chi connectivity index (χ2v) is 5.34. The predicted octanol–water partition coefficient (Wildman–Crippen LogP) is 4.18. The van der Waals surface area contributed by atoms with E-state index in [9.17, 15) is 0 Å². The molecule has 0 radical (unpaired) electrons. The zero-order valence-corrected chi connectivity index (χ0v) is 13.0.